The first kappa shape index (κ1) is 21.7. The van der Waals surface area contributed by atoms with Gasteiger partial charge in [-0.25, -0.2) is 13.1 Å². The summed E-state index contributed by atoms with van der Waals surface area (Å²) >= 11 is 0. The Balaban J connectivity index is 1.39. The Labute approximate surface area is 175 Å². The molecule has 6 nitrogen and oxygen atoms in total. The number of nitrogens with one attached hydrogen (secondary N) is 1. The summed E-state index contributed by atoms with van der Waals surface area (Å²) < 4.78 is 26.5. The molecule has 1 aromatic carbocycles. The van der Waals surface area contributed by atoms with Crippen molar-refractivity contribution in [3.05, 3.63) is 59.9 Å². The summed E-state index contributed by atoms with van der Waals surface area (Å²) in [7, 11) is -3.17. The van der Waals surface area contributed by atoms with E-state index in [0.29, 0.717) is 13.0 Å². The van der Waals surface area contributed by atoms with E-state index in [1.807, 2.05) is 31.5 Å². The fourth-order valence-electron chi connectivity index (χ4n) is 3.50. The number of nitrogens with zero attached hydrogens (tertiary/aromatic N) is 3. The van der Waals surface area contributed by atoms with Gasteiger partial charge < -0.3 is 4.90 Å². The molecule has 0 spiro atoms. The molecule has 2 heterocycles. The van der Waals surface area contributed by atoms with Gasteiger partial charge in [0, 0.05) is 57.3 Å². The van der Waals surface area contributed by atoms with Gasteiger partial charge in [0.15, 0.2) is 0 Å². The van der Waals surface area contributed by atoms with Gasteiger partial charge in [0.25, 0.3) is 0 Å². The minimum Gasteiger partial charge on any atom is -0.369 e. The highest BCUT2D eigenvalue weighted by Gasteiger charge is 2.16. The molecule has 1 saturated heterocycles. The Morgan fingerprint density at radius 3 is 2.28 bits per heavy atom. The molecule has 1 fully saturated rings. The average molecular weight is 417 g/mol. The number of hydrogen-bond acceptors (Lipinski definition) is 5. The largest absolute Gasteiger partial charge is 0.369 e. The highest BCUT2D eigenvalue weighted by Crippen LogP contribution is 2.15. The smallest absolute Gasteiger partial charge is 0.211 e. The Morgan fingerprint density at radius 1 is 0.966 bits per heavy atom. The number of rotatable bonds is 10. The van der Waals surface area contributed by atoms with E-state index >= 15 is 0 Å². The minimum absolute atomic E-state index is 0.204. The van der Waals surface area contributed by atoms with Gasteiger partial charge in [-0.1, -0.05) is 37.6 Å². The van der Waals surface area contributed by atoms with Gasteiger partial charge in [0.2, 0.25) is 10.0 Å². The lowest BCUT2D eigenvalue weighted by Gasteiger charge is -2.36. The van der Waals surface area contributed by atoms with Crippen molar-refractivity contribution >= 4 is 15.7 Å². The number of aromatic nitrogens is 1. The van der Waals surface area contributed by atoms with Gasteiger partial charge in [-0.2, -0.15) is 0 Å². The molecule has 1 aliphatic heterocycles. The molecular weight excluding hydrogens is 384 g/mol. The second-order valence-corrected chi connectivity index (χ2v) is 9.52. The van der Waals surface area contributed by atoms with E-state index in [1.54, 1.807) is 0 Å². The normalized spacial score (nSPS) is 15.6. The molecular formula is C22H32N4O2S. The number of sulfonamides is 1. The molecule has 0 bridgehead atoms. The summed E-state index contributed by atoms with van der Waals surface area (Å²) in [5.41, 5.74) is 3.54. The van der Waals surface area contributed by atoms with Crippen molar-refractivity contribution in [1.29, 1.82) is 0 Å². The van der Waals surface area contributed by atoms with E-state index in [1.165, 1.54) is 11.3 Å². The Morgan fingerprint density at radius 2 is 1.62 bits per heavy atom. The van der Waals surface area contributed by atoms with E-state index in [0.717, 1.165) is 51.1 Å². The Hall–Kier alpha value is -1.96. The van der Waals surface area contributed by atoms with Crippen LogP contribution >= 0.6 is 0 Å². The van der Waals surface area contributed by atoms with Crippen LogP contribution in [-0.2, 0) is 23.0 Å². The number of pyridine rings is 1. The van der Waals surface area contributed by atoms with Crippen molar-refractivity contribution in [2.45, 2.75) is 32.7 Å². The van der Waals surface area contributed by atoms with Crippen molar-refractivity contribution in [3.8, 4) is 0 Å². The second-order valence-electron chi connectivity index (χ2n) is 7.59. The van der Waals surface area contributed by atoms with Gasteiger partial charge in [-0.05, 0) is 36.1 Å². The number of unbranched alkanes of at least 4 members (excludes halogenated alkanes) is 1. The summed E-state index contributed by atoms with van der Waals surface area (Å²) in [5.74, 6) is 0.204. The predicted molar refractivity (Wildman–Crippen MR) is 119 cm³/mol. The van der Waals surface area contributed by atoms with Crippen LogP contribution in [0.25, 0.3) is 0 Å². The van der Waals surface area contributed by atoms with E-state index in [2.05, 4.69) is 43.8 Å². The van der Waals surface area contributed by atoms with Crippen LogP contribution in [-0.4, -0.2) is 56.8 Å². The maximum atomic E-state index is 11.9. The summed E-state index contributed by atoms with van der Waals surface area (Å²) in [6, 6.07) is 12.4. The third-order valence-electron chi connectivity index (χ3n) is 5.40. The molecule has 1 N–H and O–H groups in total. The topological polar surface area (TPSA) is 65.5 Å². The maximum Gasteiger partial charge on any atom is 0.211 e. The maximum absolute atomic E-state index is 11.9. The van der Waals surface area contributed by atoms with Crippen LogP contribution < -0.4 is 9.62 Å². The van der Waals surface area contributed by atoms with E-state index in [-0.39, 0.29) is 5.75 Å². The van der Waals surface area contributed by atoms with Crippen molar-refractivity contribution in [1.82, 2.24) is 14.6 Å². The average Bonchev–Trinajstić information content (AvgIpc) is 2.77. The Bertz CT molecular complexity index is 833. The highest BCUT2D eigenvalue weighted by molar-refractivity contribution is 7.89. The lowest BCUT2D eigenvalue weighted by atomic mass is 10.1. The molecule has 0 amide bonds. The van der Waals surface area contributed by atoms with Gasteiger partial charge in [0.1, 0.15) is 0 Å². The molecule has 0 aliphatic carbocycles. The van der Waals surface area contributed by atoms with E-state index < -0.39 is 10.0 Å². The van der Waals surface area contributed by atoms with Crippen LogP contribution in [0.1, 0.15) is 30.9 Å². The quantitative estimate of drug-likeness (QED) is 0.645. The van der Waals surface area contributed by atoms with Crippen LogP contribution in [0.3, 0.4) is 0 Å². The van der Waals surface area contributed by atoms with Crippen molar-refractivity contribution in [3.63, 3.8) is 0 Å². The first-order valence-electron chi connectivity index (χ1n) is 10.5. The zero-order chi connectivity index (χ0) is 20.5. The van der Waals surface area contributed by atoms with Crippen LogP contribution in [0.4, 0.5) is 5.69 Å². The first-order chi connectivity index (χ1) is 14.1. The fraction of sp³-hybridized carbons (Fsp3) is 0.500. The fourth-order valence-corrected chi connectivity index (χ4v) is 4.69. The second kappa shape index (κ2) is 10.7. The highest BCUT2D eigenvalue weighted by atomic mass is 32.2. The number of hydrogen-bond donors (Lipinski definition) is 1. The van der Waals surface area contributed by atoms with Crippen LogP contribution in [0, 0.1) is 0 Å². The van der Waals surface area contributed by atoms with E-state index in [9.17, 15) is 8.42 Å². The minimum atomic E-state index is -3.17. The zero-order valence-corrected chi connectivity index (χ0v) is 18.1. The lowest BCUT2D eigenvalue weighted by Crippen LogP contribution is -2.47. The molecule has 1 aliphatic rings. The third kappa shape index (κ3) is 7.10. The van der Waals surface area contributed by atoms with Crippen LogP contribution in [0.15, 0.2) is 48.8 Å². The molecule has 0 saturated carbocycles. The van der Waals surface area contributed by atoms with Crippen molar-refractivity contribution in [2.75, 3.05) is 43.4 Å². The van der Waals surface area contributed by atoms with Crippen LogP contribution in [0.2, 0.25) is 0 Å². The molecule has 29 heavy (non-hydrogen) atoms. The number of anilines is 1. The van der Waals surface area contributed by atoms with Crippen molar-refractivity contribution in [2.24, 2.45) is 0 Å². The van der Waals surface area contributed by atoms with Gasteiger partial charge >= 0.3 is 0 Å². The molecule has 158 valence electrons. The van der Waals surface area contributed by atoms with Crippen LogP contribution in [0.5, 0.6) is 0 Å². The van der Waals surface area contributed by atoms with Crippen molar-refractivity contribution < 1.29 is 8.42 Å². The number of piperazine rings is 1. The Kier molecular flexibility index (Phi) is 8.03. The molecule has 2 aromatic rings. The SMILES string of the molecule is CCCCS(=O)(=O)NCc1ccc(CCN2CCN(c3ccncc3)CC2)cc1. The van der Waals surface area contributed by atoms with Gasteiger partial charge in [-0.3, -0.25) is 9.88 Å². The molecule has 0 unspecified atom stereocenters. The zero-order valence-electron chi connectivity index (χ0n) is 17.3. The predicted octanol–water partition coefficient (Wildman–Crippen LogP) is 2.67. The van der Waals surface area contributed by atoms with E-state index in [4.69, 9.17) is 0 Å². The standard InChI is InChI=1S/C22H32N4O2S/c1-2-3-18-29(27,28)24-19-21-6-4-20(5-7-21)10-13-25-14-16-26(17-15-25)22-8-11-23-12-9-22/h4-9,11-12,24H,2-3,10,13-19H2,1H3. The third-order valence-corrected chi connectivity index (χ3v) is 6.81. The molecule has 0 atom stereocenters. The first-order valence-corrected chi connectivity index (χ1v) is 12.1. The number of benzene rings is 1. The summed E-state index contributed by atoms with van der Waals surface area (Å²) in [6.45, 7) is 7.63. The summed E-state index contributed by atoms with van der Waals surface area (Å²) in [4.78, 5) is 9.01. The monoisotopic (exact) mass is 416 g/mol. The molecule has 1 aromatic heterocycles. The lowest BCUT2D eigenvalue weighted by molar-refractivity contribution is 0.261. The molecule has 7 heteroatoms. The summed E-state index contributed by atoms with van der Waals surface area (Å²) in [5, 5.41) is 0. The summed E-state index contributed by atoms with van der Waals surface area (Å²) in [6.07, 6.45) is 6.29. The molecule has 3 rings (SSSR count). The van der Waals surface area contributed by atoms with Gasteiger partial charge in [-0.15, -0.1) is 0 Å². The van der Waals surface area contributed by atoms with Gasteiger partial charge in [0.05, 0.1) is 5.75 Å². The molecule has 0 radical (unpaired) electrons.